The molecule has 1 fully saturated rings. The molecule has 1 aromatic carbocycles. The van der Waals surface area contributed by atoms with Crippen LogP contribution in [0.25, 0.3) is 0 Å². The number of aryl methyl sites for hydroxylation is 1. The smallest absolute Gasteiger partial charge is 0.252 e. The van der Waals surface area contributed by atoms with Gasteiger partial charge in [0.15, 0.2) is 0 Å². The van der Waals surface area contributed by atoms with E-state index in [4.69, 9.17) is 4.74 Å². The molecule has 0 N–H and O–H groups in total. The molecule has 0 bridgehead atoms. The first kappa shape index (κ1) is 18.2. The van der Waals surface area contributed by atoms with Crippen molar-refractivity contribution >= 4 is 11.6 Å². The number of anilines is 1. The Balaban J connectivity index is 1.82. The van der Waals surface area contributed by atoms with Crippen molar-refractivity contribution in [2.24, 2.45) is 0 Å². The van der Waals surface area contributed by atoms with Crippen molar-refractivity contribution in [1.29, 1.82) is 0 Å². The van der Waals surface area contributed by atoms with Crippen LogP contribution in [0, 0.1) is 6.92 Å². The molecule has 3 rings (SSSR count). The summed E-state index contributed by atoms with van der Waals surface area (Å²) in [7, 11) is 1.58. The summed E-state index contributed by atoms with van der Waals surface area (Å²) in [5.74, 6) is 0.0662. The van der Waals surface area contributed by atoms with Crippen LogP contribution in [0.5, 0.6) is 0 Å². The Labute approximate surface area is 151 Å². The fourth-order valence-electron chi connectivity index (χ4n) is 4.11. The third-order valence-corrected chi connectivity index (χ3v) is 5.61. The van der Waals surface area contributed by atoms with Gasteiger partial charge in [0.05, 0.1) is 0 Å². The highest BCUT2D eigenvalue weighted by Gasteiger charge is 2.46. The van der Waals surface area contributed by atoms with Crippen molar-refractivity contribution in [2.75, 3.05) is 44.8 Å². The zero-order valence-corrected chi connectivity index (χ0v) is 16.0. The minimum absolute atomic E-state index is 0.0662. The SMILES string of the molecule is COCC(=O)N1CC2(CCN(CC=C(C)C)CC2)c2cc(C)ccc21. The summed E-state index contributed by atoms with van der Waals surface area (Å²) < 4.78 is 5.10. The Morgan fingerprint density at radius 2 is 2.00 bits per heavy atom. The highest BCUT2D eigenvalue weighted by Crippen LogP contribution is 2.47. The van der Waals surface area contributed by atoms with Crippen molar-refractivity contribution in [1.82, 2.24) is 4.90 Å². The number of piperidine rings is 1. The number of carbonyl (C=O) groups excluding carboxylic acids is 1. The Kier molecular flexibility index (Phi) is 5.30. The lowest BCUT2D eigenvalue weighted by atomic mass is 9.74. The van der Waals surface area contributed by atoms with Crippen molar-refractivity contribution in [3.05, 3.63) is 41.0 Å². The maximum Gasteiger partial charge on any atom is 0.252 e. The predicted octanol–water partition coefficient (Wildman–Crippen LogP) is 3.29. The number of amides is 1. The van der Waals surface area contributed by atoms with Gasteiger partial charge < -0.3 is 9.64 Å². The van der Waals surface area contributed by atoms with E-state index in [9.17, 15) is 4.79 Å². The summed E-state index contributed by atoms with van der Waals surface area (Å²) in [6.45, 7) is 10.6. The predicted molar refractivity (Wildman–Crippen MR) is 102 cm³/mol. The van der Waals surface area contributed by atoms with Gasteiger partial charge >= 0.3 is 0 Å². The number of nitrogens with zero attached hydrogens (tertiary/aromatic N) is 2. The lowest BCUT2D eigenvalue weighted by Gasteiger charge is -2.39. The van der Waals surface area contributed by atoms with Crippen LogP contribution < -0.4 is 4.90 Å². The summed E-state index contributed by atoms with van der Waals surface area (Å²) in [6.07, 6.45) is 4.52. The van der Waals surface area contributed by atoms with Gasteiger partial charge in [0.2, 0.25) is 0 Å². The molecule has 1 amide bonds. The molecule has 0 unspecified atom stereocenters. The quantitative estimate of drug-likeness (QED) is 0.787. The maximum atomic E-state index is 12.5. The number of fused-ring (bicyclic) bond motifs is 2. The Hall–Kier alpha value is -1.65. The second kappa shape index (κ2) is 7.30. The summed E-state index contributed by atoms with van der Waals surface area (Å²) >= 11 is 0. The van der Waals surface area contributed by atoms with Gasteiger partial charge in [-0.3, -0.25) is 9.69 Å². The molecule has 0 aliphatic carbocycles. The van der Waals surface area contributed by atoms with Gasteiger partial charge in [0, 0.05) is 31.3 Å². The van der Waals surface area contributed by atoms with Gasteiger partial charge in [0.25, 0.3) is 5.91 Å². The molecule has 2 heterocycles. The number of methoxy groups -OCH3 is 1. The second-order valence-electron chi connectivity index (χ2n) is 7.80. The van der Waals surface area contributed by atoms with Crippen LogP contribution in [0.15, 0.2) is 29.8 Å². The summed E-state index contributed by atoms with van der Waals surface area (Å²) in [5.41, 5.74) is 5.19. The van der Waals surface area contributed by atoms with Crippen LogP contribution >= 0.6 is 0 Å². The van der Waals surface area contributed by atoms with E-state index in [-0.39, 0.29) is 17.9 Å². The van der Waals surface area contributed by atoms with E-state index in [2.05, 4.69) is 49.9 Å². The standard InChI is InChI=1S/C21H30N2O2/c1-16(2)7-10-22-11-8-21(9-12-22)15-23(20(24)14-25-4)19-6-5-17(3)13-18(19)21/h5-7,13H,8-12,14-15H2,1-4H3. The van der Waals surface area contributed by atoms with Gasteiger partial charge in [-0.2, -0.15) is 0 Å². The largest absolute Gasteiger partial charge is 0.375 e. The van der Waals surface area contributed by atoms with Gasteiger partial charge in [-0.25, -0.2) is 0 Å². The number of hydrogen-bond donors (Lipinski definition) is 0. The van der Waals surface area contributed by atoms with Crippen molar-refractivity contribution in [2.45, 2.75) is 39.0 Å². The topological polar surface area (TPSA) is 32.8 Å². The van der Waals surface area contributed by atoms with Crippen LogP contribution in [0.4, 0.5) is 5.69 Å². The molecule has 1 spiro atoms. The number of likely N-dealkylation sites (tertiary alicyclic amines) is 1. The Bertz CT molecular complexity index is 668. The molecule has 0 aromatic heterocycles. The van der Waals surface area contributed by atoms with Gasteiger partial charge in [-0.15, -0.1) is 0 Å². The van der Waals surface area contributed by atoms with Gasteiger partial charge in [-0.05, 0) is 58.3 Å². The van der Waals surface area contributed by atoms with Crippen molar-refractivity contribution < 1.29 is 9.53 Å². The lowest BCUT2D eigenvalue weighted by molar-refractivity contribution is -0.122. The minimum atomic E-state index is 0.0662. The Morgan fingerprint density at radius 1 is 1.28 bits per heavy atom. The number of carbonyl (C=O) groups is 1. The zero-order chi connectivity index (χ0) is 18.0. The third kappa shape index (κ3) is 3.65. The zero-order valence-electron chi connectivity index (χ0n) is 16.0. The highest BCUT2D eigenvalue weighted by molar-refractivity contribution is 5.97. The fraction of sp³-hybridized carbons (Fsp3) is 0.571. The molecule has 1 saturated heterocycles. The molecule has 136 valence electrons. The third-order valence-electron chi connectivity index (χ3n) is 5.61. The second-order valence-corrected chi connectivity index (χ2v) is 7.80. The van der Waals surface area contributed by atoms with Crippen LogP contribution in [0.1, 0.15) is 37.8 Å². The molecular weight excluding hydrogens is 312 g/mol. The number of allylic oxidation sites excluding steroid dienone is 1. The van der Waals surface area contributed by atoms with Gasteiger partial charge in [-0.1, -0.05) is 29.3 Å². The number of benzene rings is 1. The van der Waals surface area contributed by atoms with E-state index >= 15 is 0 Å². The molecule has 25 heavy (non-hydrogen) atoms. The Morgan fingerprint density at radius 3 is 2.64 bits per heavy atom. The van der Waals surface area contributed by atoms with E-state index in [1.54, 1.807) is 7.11 Å². The minimum Gasteiger partial charge on any atom is -0.375 e. The summed E-state index contributed by atoms with van der Waals surface area (Å²) in [4.78, 5) is 17.0. The molecular formula is C21H30N2O2. The van der Waals surface area contributed by atoms with E-state index < -0.39 is 0 Å². The van der Waals surface area contributed by atoms with Crippen LogP contribution in [-0.4, -0.2) is 50.7 Å². The molecule has 4 nitrogen and oxygen atoms in total. The highest BCUT2D eigenvalue weighted by atomic mass is 16.5. The maximum absolute atomic E-state index is 12.5. The molecule has 2 aliphatic heterocycles. The fourth-order valence-corrected chi connectivity index (χ4v) is 4.11. The van der Waals surface area contributed by atoms with Gasteiger partial charge in [0.1, 0.15) is 6.61 Å². The van der Waals surface area contributed by atoms with Crippen LogP contribution in [0.3, 0.4) is 0 Å². The molecule has 0 atom stereocenters. The molecule has 0 radical (unpaired) electrons. The van der Waals surface area contributed by atoms with E-state index in [1.165, 1.54) is 16.7 Å². The van der Waals surface area contributed by atoms with E-state index in [0.717, 1.165) is 44.7 Å². The van der Waals surface area contributed by atoms with Crippen LogP contribution in [-0.2, 0) is 14.9 Å². The van der Waals surface area contributed by atoms with Crippen molar-refractivity contribution in [3.63, 3.8) is 0 Å². The molecule has 4 heteroatoms. The summed E-state index contributed by atoms with van der Waals surface area (Å²) in [5, 5.41) is 0. The average Bonchev–Trinajstić information content (AvgIpc) is 2.89. The average molecular weight is 342 g/mol. The van der Waals surface area contributed by atoms with Crippen LogP contribution in [0.2, 0.25) is 0 Å². The molecule has 2 aliphatic rings. The van der Waals surface area contributed by atoms with Crippen molar-refractivity contribution in [3.8, 4) is 0 Å². The molecule has 1 aromatic rings. The number of ether oxygens (including phenoxy) is 1. The first-order chi connectivity index (χ1) is 11.9. The van der Waals surface area contributed by atoms with E-state index in [0.29, 0.717) is 0 Å². The lowest BCUT2D eigenvalue weighted by Crippen LogP contribution is -2.46. The number of rotatable bonds is 4. The first-order valence-corrected chi connectivity index (χ1v) is 9.21. The number of hydrogen-bond acceptors (Lipinski definition) is 3. The monoisotopic (exact) mass is 342 g/mol. The van der Waals surface area contributed by atoms with E-state index in [1.807, 2.05) is 4.90 Å². The molecule has 0 saturated carbocycles. The normalized spacial score (nSPS) is 19.1. The summed E-state index contributed by atoms with van der Waals surface area (Å²) in [6, 6.07) is 6.51. The first-order valence-electron chi connectivity index (χ1n) is 9.21.